The molecule has 1 fully saturated rings. The molecule has 3 heteroatoms. The maximum absolute atomic E-state index is 6.10. The van der Waals surface area contributed by atoms with Crippen molar-refractivity contribution in [2.45, 2.75) is 52.0 Å². The molecule has 1 rings (SSSR count). The van der Waals surface area contributed by atoms with Gasteiger partial charge < -0.3 is 10.6 Å². The standard InChI is InChI=1S/C14H31N3/c1-4-9-16-11-7-14(13-15,8-12-16)17(6-3)10-5-2/h4-13,15H2,1-3H3. The van der Waals surface area contributed by atoms with Crippen molar-refractivity contribution >= 4 is 0 Å². The first-order valence-corrected chi connectivity index (χ1v) is 7.39. The third-order valence-corrected chi connectivity index (χ3v) is 4.25. The first-order chi connectivity index (χ1) is 8.22. The predicted molar refractivity (Wildman–Crippen MR) is 75.3 cm³/mol. The van der Waals surface area contributed by atoms with Gasteiger partial charge in [0.05, 0.1) is 0 Å². The van der Waals surface area contributed by atoms with Gasteiger partial charge in [0.2, 0.25) is 0 Å². The van der Waals surface area contributed by atoms with Crippen molar-refractivity contribution < 1.29 is 0 Å². The van der Waals surface area contributed by atoms with Crippen LogP contribution in [0.3, 0.4) is 0 Å². The minimum Gasteiger partial charge on any atom is -0.329 e. The van der Waals surface area contributed by atoms with Crippen LogP contribution >= 0.6 is 0 Å². The quantitative estimate of drug-likeness (QED) is 0.739. The Kier molecular flexibility index (Phi) is 6.45. The second-order valence-electron chi connectivity index (χ2n) is 5.35. The Morgan fingerprint density at radius 2 is 1.76 bits per heavy atom. The highest BCUT2D eigenvalue weighted by Gasteiger charge is 2.37. The molecule has 0 atom stereocenters. The Morgan fingerprint density at radius 1 is 1.12 bits per heavy atom. The van der Waals surface area contributed by atoms with E-state index in [1.807, 2.05) is 0 Å². The molecule has 0 aromatic rings. The molecule has 1 saturated heterocycles. The highest BCUT2D eigenvalue weighted by Crippen LogP contribution is 2.28. The number of likely N-dealkylation sites (tertiary alicyclic amines) is 1. The van der Waals surface area contributed by atoms with Crippen LogP contribution in [0, 0.1) is 0 Å². The molecule has 1 heterocycles. The fourth-order valence-corrected chi connectivity index (χ4v) is 3.16. The summed E-state index contributed by atoms with van der Waals surface area (Å²) in [4.78, 5) is 5.21. The number of hydrogen-bond donors (Lipinski definition) is 1. The van der Waals surface area contributed by atoms with Gasteiger partial charge in [-0.3, -0.25) is 4.90 Å². The number of likely N-dealkylation sites (N-methyl/N-ethyl adjacent to an activating group) is 1. The average molecular weight is 241 g/mol. The molecule has 0 aliphatic carbocycles. The second-order valence-corrected chi connectivity index (χ2v) is 5.35. The molecule has 102 valence electrons. The van der Waals surface area contributed by atoms with Crippen LogP contribution in [0.1, 0.15) is 46.5 Å². The fourth-order valence-electron chi connectivity index (χ4n) is 3.16. The minimum absolute atomic E-state index is 0.287. The predicted octanol–water partition coefficient (Wildman–Crippen LogP) is 1.92. The smallest absolute Gasteiger partial charge is 0.0355 e. The maximum Gasteiger partial charge on any atom is 0.0355 e. The summed E-state index contributed by atoms with van der Waals surface area (Å²) in [6, 6.07) is 0. The molecular formula is C14H31N3. The first kappa shape index (κ1) is 14.9. The van der Waals surface area contributed by atoms with Gasteiger partial charge in [-0.2, -0.15) is 0 Å². The molecule has 3 nitrogen and oxygen atoms in total. The summed E-state index contributed by atoms with van der Waals surface area (Å²) in [5.41, 5.74) is 6.39. The highest BCUT2D eigenvalue weighted by molar-refractivity contribution is 4.95. The zero-order chi connectivity index (χ0) is 12.7. The molecule has 0 aromatic carbocycles. The Bertz CT molecular complexity index is 198. The Balaban J connectivity index is 2.58. The molecule has 0 saturated carbocycles. The SMILES string of the molecule is CCCN1CCC(CN)(N(CC)CCC)CC1. The van der Waals surface area contributed by atoms with E-state index >= 15 is 0 Å². The third-order valence-electron chi connectivity index (χ3n) is 4.25. The van der Waals surface area contributed by atoms with E-state index < -0.39 is 0 Å². The summed E-state index contributed by atoms with van der Waals surface area (Å²) in [7, 11) is 0. The van der Waals surface area contributed by atoms with Crippen LogP contribution in [0.25, 0.3) is 0 Å². The van der Waals surface area contributed by atoms with E-state index in [-0.39, 0.29) is 5.54 Å². The van der Waals surface area contributed by atoms with Crippen molar-refractivity contribution in [2.24, 2.45) is 5.73 Å². The van der Waals surface area contributed by atoms with Gasteiger partial charge in [-0.1, -0.05) is 20.8 Å². The Labute approximate surface area is 107 Å². The van der Waals surface area contributed by atoms with Crippen LogP contribution in [0.5, 0.6) is 0 Å². The topological polar surface area (TPSA) is 32.5 Å². The van der Waals surface area contributed by atoms with E-state index in [4.69, 9.17) is 5.73 Å². The molecular weight excluding hydrogens is 210 g/mol. The Morgan fingerprint density at radius 3 is 2.18 bits per heavy atom. The van der Waals surface area contributed by atoms with Crippen LogP contribution in [0.4, 0.5) is 0 Å². The molecule has 0 bridgehead atoms. The number of hydrogen-bond acceptors (Lipinski definition) is 3. The molecule has 17 heavy (non-hydrogen) atoms. The van der Waals surface area contributed by atoms with E-state index in [1.165, 1.54) is 51.9 Å². The minimum atomic E-state index is 0.287. The molecule has 0 unspecified atom stereocenters. The lowest BCUT2D eigenvalue weighted by atomic mass is 9.85. The lowest BCUT2D eigenvalue weighted by molar-refractivity contribution is 0.0302. The molecule has 1 aliphatic heterocycles. The highest BCUT2D eigenvalue weighted by atomic mass is 15.2. The fraction of sp³-hybridized carbons (Fsp3) is 1.00. The summed E-state index contributed by atoms with van der Waals surface area (Å²) < 4.78 is 0. The van der Waals surface area contributed by atoms with Gasteiger partial charge in [-0.15, -0.1) is 0 Å². The summed E-state index contributed by atoms with van der Waals surface area (Å²) in [5.74, 6) is 0. The summed E-state index contributed by atoms with van der Waals surface area (Å²) in [6.45, 7) is 13.7. The van der Waals surface area contributed by atoms with E-state index in [0.717, 1.165) is 13.1 Å². The monoisotopic (exact) mass is 241 g/mol. The number of piperidine rings is 1. The summed E-state index contributed by atoms with van der Waals surface area (Å²) in [5, 5.41) is 0. The third kappa shape index (κ3) is 3.67. The summed E-state index contributed by atoms with van der Waals surface area (Å²) >= 11 is 0. The van der Waals surface area contributed by atoms with E-state index in [0.29, 0.717) is 0 Å². The van der Waals surface area contributed by atoms with Crippen molar-refractivity contribution in [2.75, 3.05) is 39.3 Å². The van der Waals surface area contributed by atoms with E-state index in [1.54, 1.807) is 0 Å². The lowest BCUT2D eigenvalue weighted by Crippen LogP contribution is -2.59. The number of nitrogens with two attached hydrogens (primary N) is 1. The maximum atomic E-state index is 6.10. The van der Waals surface area contributed by atoms with Crippen LogP contribution in [-0.2, 0) is 0 Å². The molecule has 1 aliphatic rings. The van der Waals surface area contributed by atoms with Crippen LogP contribution < -0.4 is 5.73 Å². The van der Waals surface area contributed by atoms with Gasteiger partial charge in [0.15, 0.2) is 0 Å². The molecule has 2 N–H and O–H groups in total. The van der Waals surface area contributed by atoms with E-state index in [9.17, 15) is 0 Å². The van der Waals surface area contributed by atoms with Crippen LogP contribution in [0.2, 0.25) is 0 Å². The van der Waals surface area contributed by atoms with Crippen molar-refractivity contribution in [3.8, 4) is 0 Å². The largest absolute Gasteiger partial charge is 0.329 e. The van der Waals surface area contributed by atoms with Gasteiger partial charge in [0.1, 0.15) is 0 Å². The van der Waals surface area contributed by atoms with Crippen molar-refractivity contribution in [3.05, 3.63) is 0 Å². The number of rotatable bonds is 7. The van der Waals surface area contributed by atoms with Crippen molar-refractivity contribution in [3.63, 3.8) is 0 Å². The van der Waals surface area contributed by atoms with Gasteiger partial charge in [-0.05, 0) is 58.4 Å². The van der Waals surface area contributed by atoms with Crippen LogP contribution in [-0.4, -0.2) is 54.6 Å². The van der Waals surface area contributed by atoms with E-state index in [2.05, 4.69) is 30.6 Å². The van der Waals surface area contributed by atoms with Gasteiger partial charge in [0, 0.05) is 12.1 Å². The first-order valence-electron chi connectivity index (χ1n) is 7.39. The normalized spacial score (nSPS) is 21.0. The van der Waals surface area contributed by atoms with Gasteiger partial charge in [-0.25, -0.2) is 0 Å². The van der Waals surface area contributed by atoms with Gasteiger partial charge >= 0.3 is 0 Å². The lowest BCUT2D eigenvalue weighted by Gasteiger charge is -2.48. The summed E-state index contributed by atoms with van der Waals surface area (Å²) in [6.07, 6.45) is 4.99. The van der Waals surface area contributed by atoms with Crippen molar-refractivity contribution in [1.82, 2.24) is 9.80 Å². The Hall–Kier alpha value is -0.120. The van der Waals surface area contributed by atoms with Gasteiger partial charge in [0.25, 0.3) is 0 Å². The van der Waals surface area contributed by atoms with Crippen molar-refractivity contribution in [1.29, 1.82) is 0 Å². The molecule has 0 spiro atoms. The number of nitrogens with zero attached hydrogens (tertiary/aromatic N) is 2. The molecule has 0 amide bonds. The zero-order valence-electron chi connectivity index (χ0n) is 12.0. The average Bonchev–Trinajstić information content (AvgIpc) is 2.38. The molecule has 0 aromatic heterocycles. The zero-order valence-corrected chi connectivity index (χ0v) is 12.0. The van der Waals surface area contributed by atoms with Crippen LogP contribution in [0.15, 0.2) is 0 Å². The molecule has 0 radical (unpaired) electrons. The second kappa shape index (κ2) is 7.34.